The first-order chi connectivity index (χ1) is 22.6. The van der Waals surface area contributed by atoms with Crippen LogP contribution in [0, 0.1) is 6.92 Å². The number of ether oxygens (including phenoxy) is 1. The number of nitrogens with two attached hydrogens (primary N) is 1. The first-order valence-electron chi connectivity index (χ1n) is 14.9. The summed E-state index contributed by atoms with van der Waals surface area (Å²) in [6.07, 6.45) is -1.66. The molecule has 1 atom stereocenters. The number of carbonyl (C=O) groups excluding carboxylic acids is 1. The molecule has 1 amide bonds. The Morgan fingerprint density at radius 2 is 1.67 bits per heavy atom. The molecule has 2 aliphatic rings. The molecule has 0 aliphatic carbocycles. The molecule has 2 fully saturated rings. The molecule has 19 heteroatoms. The highest BCUT2D eigenvalue weighted by Crippen LogP contribution is 2.34. The number of hydrogen-bond donors (Lipinski definition) is 2. The number of aryl methyl sites for hydroxylation is 1. The van der Waals surface area contributed by atoms with Crippen molar-refractivity contribution in [2.24, 2.45) is 0 Å². The number of imidazole rings is 1. The third-order valence-electron chi connectivity index (χ3n) is 7.77. The van der Waals surface area contributed by atoms with E-state index in [0.717, 1.165) is 10.1 Å². The van der Waals surface area contributed by atoms with Crippen LogP contribution in [0.15, 0.2) is 41.6 Å². The predicted molar refractivity (Wildman–Crippen MR) is 170 cm³/mol. The number of hydrogen-bond acceptors (Lipinski definition) is 12. The highest BCUT2D eigenvalue weighted by atomic mass is 32.2. The van der Waals surface area contributed by atoms with Gasteiger partial charge in [0.15, 0.2) is 22.8 Å². The van der Waals surface area contributed by atoms with Crippen molar-refractivity contribution in [3.05, 3.63) is 42.2 Å². The standard InChI is InChI=1S/C22H27F3N10O2.C7H8O3S/c1-13-11-33(3-4-34(13)14(2)36)21-29-16-18(32-5-7-37-8-6-32)30-17(15-9-27-20(26)28-10-15)31-19(16)35(21)12-22(23,24)25;1-6-2-4-7(5-3-6)11(8,9)10/h9-10,13H,3-8,11-12H2,1-2H3,(H2,26,27,28);2-5H,1H3,(H,8,9,10)/t13-;/m1./s1. The Morgan fingerprint density at radius 1 is 1.02 bits per heavy atom. The van der Waals surface area contributed by atoms with Crippen molar-refractivity contribution < 1.29 is 35.7 Å². The van der Waals surface area contributed by atoms with Crippen LogP contribution in [0.3, 0.4) is 0 Å². The Kier molecular flexibility index (Phi) is 10.0. The van der Waals surface area contributed by atoms with E-state index in [1.807, 2.05) is 18.7 Å². The Labute approximate surface area is 274 Å². The van der Waals surface area contributed by atoms with Crippen LogP contribution in [0.5, 0.6) is 0 Å². The van der Waals surface area contributed by atoms with Gasteiger partial charge in [-0.1, -0.05) is 17.7 Å². The average molecular weight is 693 g/mol. The zero-order chi connectivity index (χ0) is 34.8. The molecule has 3 aromatic heterocycles. The molecule has 5 heterocycles. The normalized spacial score (nSPS) is 17.3. The maximum atomic E-state index is 13.8. The number of fused-ring (bicyclic) bond motifs is 1. The zero-order valence-corrected chi connectivity index (χ0v) is 27.2. The van der Waals surface area contributed by atoms with E-state index in [-0.39, 0.29) is 45.7 Å². The molecule has 0 bridgehead atoms. The number of morpholine rings is 1. The van der Waals surface area contributed by atoms with Crippen LogP contribution in [0.25, 0.3) is 22.6 Å². The summed E-state index contributed by atoms with van der Waals surface area (Å²) in [6, 6.07) is 5.79. The molecule has 3 N–H and O–H groups in total. The van der Waals surface area contributed by atoms with Crippen molar-refractivity contribution in [2.45, 2.75) is 44.4 Å². The number of carbonyl (C=O) groups is 1. The summed E-state index contributed by atoms with van der Waals surface area (Å²) in [6.45, 7) is 6.86. The minimum Gasteiger partial charge on any atom is -0.378 e. The Morgan fingerprint density at radius 3 is 2.23 bits per heavy atom. The van der Waals surface area contributed by atoms with Gasteiger partial charge in [0.1, 0.15) is 6.54 Å². The van der Waals surface area contributed by atoms with E-state index >= 15 is 0 Å². The minimum absolute atomic E-state index is 0.0530. The van der Waals surface area contributed by atoms with Crippen molar-refractivity contribution in [2.75, 3.05) is 61.5 Å². The number of anilines is 3. The van der Waals surface area contributed by atoms with Crippen molar-refractivity contribution in [3.8, 4) is 11.4 Å². The number of halogens is 3. The molecule has 6 rings (SSSR count). The number of alkyl halides is 3. The molecule has 15 nitrogen and oxygen atoms in total. The van der Waals surface area contributed by atoms with Crippen LogP contribution in [0.4, 0.5) is 30.9 Å². The Bertz CT molecular complexity index is 1870. The second-order valence-corrected chi connectivity index (χ2v) is 12.8. The van der Waals surface area contributed by atoms with Gasteiger partial charge < -0.3 is 25.2 Å². The smallest absolute Gasteiger partial charge is 0.378 e. The van der Waals surface area contributed by atoms with Gasteiger partial charge in [0, 0.05) is 58.1 Å². The van der Waals surface area contributed by atoms with Gasteiger partial charge >= 0.3 is 6.18 Å². The fraction of sp³-hybridized carbons (Fsp3) is 0.448. The predicted octanol–water partition coefficient (Wildman–Crippen LogP) is 2.56. The van der Waals surface area contributed by atoms with Crippen LogP contribution < -0.4 is 15.5 Å². The molecule has 0 unspecified atom stereocenters. The minimum atomic E-state index is -4.52. The topological polar surface area (TPSA) is 186 Å². The number of rotatable bonds is 5. The number of nitrogens with zero attached hydrogens (tertiary/aromatic N) is 9. The third-order valence-corrected chi connectivity index (χ3v) is 8.64. The van der Waals surface area contributed by atoms with Gasteiger partial charge in [0.25, 0.3) is 10.1 Å². The number of nitrogen functional groups attached to an aromatic ring is 1. The summed E-state index contributed by atoms with van der Waals surface area (Å²) in [7, 11) is -4.02. The fourth-order valence-corrected chi connectivity index (χ4v) is 5.92. The van der Waals surface area contributed by atoms with Crippen molar-refractivity contribution >= 4 is 44.9 Å². The van der Waals surface area contributed by atoms with Crippen LogP contribution in [0.1, 0.15) is 19.4 Å². The van der Waals surface area contributed by atoms with Crippen LogP contribution >= 0.6 is 0 Å². The molecular weight excluding hydrogens is 657 g/mol. The summed E-state index contributed by atoms with van der Waals surface area (Å²) in [5.74, 6) is 0.696. The average Bonchev–Trinajstić information content (AvgIpc) is 3.38. The molecule has 1 aromatic carbocycles. The van der Waals surface area contributed by atoms with E-state index in [1.54, 1.807) is 21.9 Å². The maximum absolute atomic E-state index is 13.8. The molecule has 258 valence electrons. The molecule has 0 radical (unpaired) electrons. The fourth-order valence-electron chi connectivity index (χ4n) is 5.44. The zero-order valence-electron chi connectivity index (χ0n) is 26.4. The number of amides is 1. The molecule has 4 aromatic rings. The lowest BCUT2D eigenvalue weighted by molar-refractivity contribution is -0.139. The Hall–Kier alpha value is -4.62. The van der Waals surface area contributed by atoms with Crippen molar-refractivity contribution in [1.29, 1.82) is 0 Å². The van der Waals surface area contributed by atoms with Gasteiger partial charge in [0.05, 0.1) is 23.7 Å². The highest BCUT2D eigenvalue weighted by molar-refractivity contribution is 7.85. The summed E-state index contributed by atoms with van der Waals surface area (Å²) in [5, 5.41) is 0. The highest BCUT2D eigenvalue weighted by Gasteiger charge is 2.35. The largest absolute Gasteiger partial charge is 0.406 e. The van der Waals surface area contributed by atoms with Gasteiger partial charge in [0.2, 0.25) is 17.8 Å². The lowest BCUT2D eigenvalue weighted by Gasteiger charge is -2.40. The first-order valence-corrected chi connectivity index (χ1v) is 16.4. The molecule has 0 spiro atoms. The van der Waals surface area contributed by atoms with E-state index in [4.69, 9.17) is 15.0 Å². The van der Waals surface area contributed by atoms with Crippen LogP contribution in [-0.4, -0.2) is 111 Å². The van der Waals surface area contributed by atoms with Gasteiger partial charge in [-0.15, -0.1) is 0 Å². The van der Waals surface area contributed by atoms with Gasteiger partial charge in [-0.25, -0.2) is 24.9 Å². The Balaban J connectivity index is 0.000000349. The first kappa shape index (κ1) is 34.7. The third kappa shape index (κ3) is 8.08. The molecule has 48 heavy (non-hydrogen) atoms. The maximum Gasteiger partial charge on any atom is 0.406 e. The quantitative estimate of drug-likeness (QED) is 0.291. The number of piperazine rings is 1. The van der Waals surface area contributed by atoms with Gasteiger partial charge in [-0.05, 0) is 26.0 Å². The monoisotopic (exact) mass is 692 g/mol. The van der Waals surface area contributed by atoms with Crippen LogP contribution in [0.2, 0.25) is 0 Å². The molecular formula is C29H35F3N10O5S. The number of benzene rings is 1. The molecule has 2 aliphatic heterocycles. The van der Waals surface area contributed by atoms with E-state index < -0.39 is 22.8 Å². The van der Waals surface area contributed by atoms with Gasteiger partial charge in [-0.2, -0.15) is 21.6 Å². The second-order valence-electron chi connectivity index (χ2n) is 11.4. The lowest BCUT2D eigenvalue weighted by atomic mass is 10.2. The van der Waals surface area contributed by atoms with E-state index in [1.165, 1.54) is 31.5 Å². The summed E-state index contributed by atoms with van der Waals surface area (Å²) >= 11 is 0. The molecule has 0 saturated carbocycles. The number of aromatic nitrogens is 6. The molecule has 2 saturated heterocycles. The SMILES string of the molecule is CC(=O)N1CCN(c2nc3c(N4CCOCC4)nc(-c4cnc(N)nc4)nc3n2CC(F)(F)F)C[C@H]1C.Cc1ccc(S(=O)(=O)O)cc1. The second kappa shape index (κ2) is 13.9. The van der Waals surface area contributed by atoms with Crippen molar-refractivity contribution in [3.63, 3.8) is 0 Å². The van der Waals surface area contributed by atoms with E-state index in [0.29, 0.717) is 57.3 Å². The van der Waals surface area contributed by atoms with Crippen molar-refractivity contribution in [1.82, 2.24) is 34.4 Å². The lowest BCUT2D eigenvalue weighted by Crippen LogP contribution is -2.54. The summed E-state index contributed by atoms with van der Waals surface area (Å²) < 4.78 is 77.6. The van der Waals surface area contributed by atoms with E-state index in [9.17, 15) is 26.4 Å². The van der Waals surface area contributed by atoms with E-state index in [2.05, 4.69) is 24.9 Å². The van der Waals surface area contributed by atoms with Gasteiger partial charge in [-0.3, -0.25) is 13.9 Å². The van der Waals surface area contributed by atoms with Crippen LogP contribution in [-0.2, 0) is 26.2 Å². The summed E-state index contributed by atoms with van der Waals surface area (Å²) in [5.41, 5.74) is 7.30. The summed E-state index contributed by atoms with van der Waals surface area (Å²) in [4.78, 5) is 39.1.